The molecule has 0 unspecified atom stereocenters. The molecule has 2 heterocycles. The van der Waals surface area contributed by atoms with Gasteiger partial charge < -0.3 is 14.7 Å². The Balaban J connectivity index is 1.64. The average Bonchev–Trinajstić information content (AvgIpc) is 3.17. The second-order valence-electron chi connectivity index (χ2n) is 6.28. The van der Waals surface area contributed by atoms with Gasteiger partial charge in [-0.25, -0.2) is 0 Å². The van der Waals surface area contributed by atoms with Crippen molar-refractivity contribution in [3.05, 3.63) is 54.6 Å². The molecule has 0 atom stereocenters. The van der Waals surface area contributed by atoms with Gasteiger partial charge in [0.2, 0.25) is 5.91 Å². The molecule has 144 valence electrons. The minimum Gasteiger partial charge on any atom is -0.507 e. The second kappa shape index (κ2) is 8.45. The first-order valence-corrected chi connectivity index (χ1v) is 10.00. The highest BCUT2D eigenvalue weighted by Crippen LogP contribution is 2.32. The molecule has 8 heteroatoms. The number of ether oxygens (including phenoxy) is 1. The monoisotopic (exact) mass is 396 g/mol. The normalized spacial score (nSPS) is 14.2. The summed E-state index contributed by atoms with van der Waals surface area (Å²) in [5, 5.41) is 19.5. The Morgan fingerprint density at radius 3 is 2.50 bits per heavy atom. The van der Waals surface area contributed by atoms with Crippen LogP contribution in [0, 0.1) is 0 Å². The van der Waals surface area contributed by atoms with E-state index in [9.17, 15) is 9.90 Å². The maximum atomic E-state index is 12.5. The first kappa shape index (κ1) is 18.5. The number of aromatic hydroxyl groups is 1. The molecule has 0 spiro atoms. The van der Waals surface area contributed by atoms with E-state index in [1.165, 1.54) is 11.8 Å². The van der Waals surface area contributed by atoms with Crippen LogP contribution in [-0.4, -0.2) is 62.7 Å². The fraction of sp³-hybridized carbons (Fsp3) is 0.250. The van der Waals surface area contributed by atoms with Crippen LogP contribution in [0.15, 0.2) is 59.8 Å². The zero-order valence-corrected chi connectivity index (χ0v) is 16.0. The summed E-state index contributed by atoms with van der Waals surface area (Å²) in [4.78, 5) is 14.3. The Morgan fingerprint density at radius 1 is 1.04 bits per heavy atom. The molecule has 0 saturated carbocycles. The van der Waals surface area contributed by atoms with Gasteiger partial charge in [-0.15, -0.1) is 10.2 Å². The van der Waals surface area contributed by atoms with Gasteiger partial charge in [0.15, 0.2) is 11.0 Å². The van der Waals surface area contributed by atoms with Gasteiger partial charge in [-0.2, -0.15) is 0 Å². The first-order valence-electron chi connectivity index (χ1n) is 9.01. The van der Waals surface area contributed by atoms with E-state index in [1.54, 1.807) is 18.2 Å². The second-order valence-corrected chi connectivity index (χ2v) is 7.22. The van der Waals surface area contributed by atoms with Crippen LogP contribution in [0.4, 0.5) is 0 Å². The molecule has 1 fully saturated rings. The lowest BCUT2D eigenvalue weighted by Gasteiger charge is -2.26. The SMILES string of the molecule is O=C(CSc1nnc(-c2ccccc2O)n1-c1ccccc1)N1CCOCC1. The van der Waals surface area contributed by atoms with Gasteiger partial charge in [0.05, 0.1) is 24.5 Å². The van der Waals surface area contributed by atoms with Crippen molar-refractivity contribution in [2.45, 2.75) is 5.16 Å². The quantitative estimate of drug-likeness (QED) is 0.668. The number of amides is 1. The van der Waals surface area contributed by atoms with Gasteiger partial charge in [0.25, 0.3) is 0 Å². The number of carbonyl (C=O) groups excluding carboxylic acids is 1. The maximum absolute atomic E-state index is 12.5. The van der Waals surface area contributed by atoms with Crippen molar-refractivity contribution in [2.24, 2.45) is 0 Å². The Kier molecular flexibility index (Phi) is 5.59. The number of nitrogens with zero attached hydrogens (tertiary/aromatic N) is 4. The highest BCUT2D eigenvalue weighted by Gasteiger charge is 2.21. The number of benzene rings is 2. The number of rotatable bonds is 5. The molecule has 1 saturated heterocycles. The van der Waals surface area contributed by atoms with Crippen LogP contribution in [0.1, 0.15) is 0 Å². The van der Waals surface area contributed by atoms with Crippen molar-refractivity contribution in [2.75, 3.05) is 32.1 Å². The van der Waals surface area contributed by atoms with E-state index < -0.39 is 0 Å². The fourth-order valence-electron chi connectivity index (χ4n) is 3.04. The van der Waals surface area contributed by atoms with Gasteiger partial charge in [0.1, 0.15) is 5.75 Å². The largest absolute Gasteiger partial charge is 0.507 e. The van der Waals surface area contributed by atoms with Crippen molar-refractivity contribution in [1.82, 2.24) is 19.7 Å². The minimum absolute atomic E-state index is 0.0556. The molecular formula is C20H20N4O3S. The number of aromatic nitrogens is 3. The van der Waals surface area contributed by atoms with Crippen molar-refractivity contribution in [3.63, 3.8) is 0 Å². The van der Waals surface area contributed by atoms with Gasteiger partial charge in [-0.05, 0) is 24.3 Å². The molecular weight excluding hydrogens is 376 g/mol. The van der Waals surface area contributed by atoms with E-state index in [0.29, 0.717) is 42.8 Å². The third-order valence-electron chi connectivity index (χ3n) is 4.48. The van der Waals surface area contributed by atoms with Crippen LogP contribution >= 0.6 is 11.8 Å². The van der Waals surface area contributed by atoms with Gasteiger partial charge in [-0.1, -0.05) is 42.1 Å². The number of phenols is 1. The molecule has 0 aliphatic carbocycles. The lowest BCUT2D eigenvalue weighted by atomic mass is 10.2. The molecule has 2 aromatic carbocycles. The van der Waals surface area contributed by atoms with Gasteiger partial charge in [-0.3, -0.25) is 9.36 Å². The smallest absolute Gasteiger partial charge is 0.233 e. The molecule has 1 aliphatic rings. The van der Waals surface area contributed by atoms with Crippen LogP contribution in [0.3, 0.4) is 0 Å². The Labute approximate surface area is 167 Å². The summed E-state index contributed by atoms with van der Waals surface area (Å²) in [6.07, 6.45) is 0. The summed E-state index contributed by atoms with van der Waals surface area (Å²) < 4.78 is 7.17. The van der Waals surface area contributed by atoms with E-state index >= 15 is 0 Å². The summed E-state index contributed by atoms with van der Waals surface area (Å²) in [5.41, 5.74) is 1.46. The van der Waals surface area contributed by atoms with E-state index in [1.807, 2.05) is 45.9 Å². The number of hydrogen-bond donors (Lipinski definition) is 1. The highest BCUT2D eigenvalue weighted by atomic mass is 32.2. The average molecular weight is 396 g/mol. The molecule has 28 heavy (non-hydrogen) atoms. The van der Waals surface area contributed by atoms with Gasteiger partial charge >= 0.3 is 0 Å². The van der Waals surface area contributed by atoms with Crippen LogP contribution in [0.5, 0.6) is 5.75 Å². The predicted molar refractivity (Wildman–Crippen MR) is 107 cm³/mol. The number of morpholine rings is 1. The number of carbonyl (C=O) groups is 1. The molecule has 4 rings (SSSR count). The Bertz CT molecular complexity index is 955. The summed E-state index contributed by atoms with van der Waals surface area (Å²) in [5.74, 6) is 0.991. The maximum Gasteiger partial charge on any atom is 0.233 e. The third kappa shape index (κ3) is 3.88. The Hall–Kier alpha value is -2.84. The Morgan fingerprint density at radius 2 is 1.75 bits per heavy atom. The van der Waals surface area contributed by atoms with E-state index in [-0.39, 0.29) is 17.4 Å². The number of hydrogen-bond acceptors (Lipinski definition) is 6. The van der Waals surface area contributed by atoms with Gasteiger partial charge in [0, 0.05) is 18.8 Å². The number of thioether (sulfide) groups is 1. The molecule has 1 N–H and O–H groups in total. The molecule has 1 amide bonds. The molecule has 3 aromatic rings. The zero-order chi connectivity index (χ0) is 19.3. The van der Waals surface area contributed by atoms with Crippen molar-refractivity contribution in [3.8, 4) is 22.8 Å². The summed E-state index contributed by atoms with van der Waals surface area (Å²) in [6, 6.07) is 16.7. The van der Waals surface area contributed by atoms with E-state index in [2.05, 4.69) is 10.2 Å². The lowest BCUT2D eigenvalue weighted by Crippen LogP contribution is -2.41. The van der Waals surface area contributed by atoms with E-state index in [0.717, 1.165) is 5.69 Å². The number of para-hydroxylation sites is 2. The van der Waals surface area contributed by atoms with Crippen LogP contribution in [-0.2, 0) is 9.53 Å². The summed E-state index contributed by atoms with van der Waals surface area (Å²) in [7, 11) is 0. The minimum atomic E-state index is 0.0556. The third-order valence-corrected chi connectivity index (χ3v) is 5.39. The van der Waals surface area contributed by atoms with Crippen LogP contribution < -0.4 is 0 Å². The number of phenolic OH excluding ortho intramolecular Hbond substituents is 1. The highest BCUT2D eigenvalue weighted by molar-refractivity contribution is 7.99. The molecule has 0 bridgehead atoms. The standard InChI is InChI=1S/C20H20N4O3S/c25-17-9-5-4-8-16(17)19-21-22-20(24(19)15-6-2-1-3-7-15)28-14-18(26)23-10-12-27-13-11-23/h1-9,25H,10-14H2. The zero-order valence-electron chi connectivity index (χ0n) is 15.2. The summed E-state index contributed by atoms with van der Waals surface area (Å²) >= 11 is 1.34. The van der Waals surface area contributed by atoms with E-state index in [4.69, 9.17) is 4.74 Å². The molecule has 0 radical (unpaired) electrons. The van der Waals surface area contributed by atoms with Crippen molar-refractivity contribution in [1.29, 1.82) is 0 Å². The predicted octanol–water partition coefficient (Wildman–Crippen LogP) is 2.59. The topological polar surface area (TPSA) is 80.5 Å². The van der Waals surface area contributed by atoms with Crippen molar-refractivity contribution < 1.29 is 14.6 Å². The molecule has 1 aliphatic heterocycles. The summed E-state index contributed by atoms with van der Waals surface area (Å²) in [6.45, 7) is 2.39. The lowest BCUT2D eigenvalue weighted by molar-refractivity contribution is -0.132. The van der Waals surface area contributed by atoms with Crippen molar-refractivity contribution >= 4 is 17.7 Å². The first-order chi connectivity index (χ1) is 13.7. The fourth-order valence-corrected chi connectivity index (χ4v) is 3.90. The molecule has 7 nitrogen and oxygen atoms in total. The van der Waals surface area contributed by atoms with Crippen LogP contribution in [0.25, 0.3) is 17.1 Å². The van der Waals surface area contributed by atoms with Crippen LogP contribution in [0.2, 0.25) is 0 Å². The molecule has 1 aromatic heterocycles.